The Morgan fingerprint density at radius 2 is 1.56 bits per heavy atom. The van der Waals surface area contributed by atoms with Crippen LogP contribution in [0.15, 0.2) is 42.5 Å². The van der Waals surface area contributed by atoms with Gasteiger partial charge in [0.15, 0.2) is 0 Å². The molecule has 0 unspecified atom stereocenters. The van der Waals surface area contributed by atoms with Gasteiger partial charge in [-0.25, -0.2) is 9.78 Å². The standard InChI is InChI=1S/C20H21N3O4/c24-18(21-14-5-2-1-3-6-14)13-9-11-15(12-10-13)22-19(25)16-7-4-8-17(23-16)20(26)27/h4,7-12,14H,1-3,5-6H2,(H,21,24)(H,22,25)(H,26,27). The van der Waals surface area contributed by atoms with Crippen molar-refractivity contribution in [3.63, 3.8) is 0 Å². The number of nitrogens with one attached hydrogen (secondary N) is 2. The fourth-order valence-electron chi connectivity index (χ4n) is 3.10. The second-order valence-electron chi connectivity index (χ2n) is 6.55. The molecule has 1 aromatic heterocycles. The highest BCUT2D eigenvalue weighted by Gasteiger charge is 2.17. The van der Waals surface area contributed by atoms with E-state index >= 15 is 0 Å². The number of carboxylic acids is 1. The average Bonchev–Trinajstić information content (AvgIpc) is 2.69. The summed E-state index contributed by atoms with van der Waals surface area (Å²) in [6, 6.07) is 11.0. The quantitative estimate of drug-likeness (QED) is 0.752. The van der Waals surface area contributed by atoms with Gasteiger partial charge in [-0.15, -0.1) is 0 Å². The number of carbonyl (C=O) groups is 3. The third kappa shape index (κ3) is 4.91. The molecule has 7 nitrogen and oxygen atoms in total. The lowest BCUT2D eigenvalue weighted by atomic mass is 9.95. The van der Waals surface area contributed by atoms with Crippen LogP contribution in [0.3, 0.4) is 0 Å². The summed E-state index contributed by atoms with van der Waals surface area (Å²) in [6.45, 7) is 0. The number of anilines is 1. The van der Waals surface area contributed by atoms with Crippen LogP contribution in [-0.2, 0) is 0 Å². The van der Waals surface area contributed by atoms with Gasteiger partial charge in [-0.1, -0.05) is 25.3 Å². The molecule has 3 rings (SSSR count). The zero-order valence-electron chi connectivity index (χ0n) is 14.8. The Kier molecular flexibility index (Phi) is 5.80. The minimum atomic E-state index is -1.20. The van der Waals surface area contributed by atoms with Crippen molar-refractivity contribution in [1.29, 1.82) is 0 Å². The molecule has 1 aliphatic rings. The molecule has 140 valence electrons. The van der Waals surface area contributed by atoms with Crippen molar-refractivity contribution in [2.75, 3.05) is 5.32 Å². The molecule has 1 aromatic carbocycles. The smallest absolute Gasteiger partial charge is 0.354 e. The molecule has 27 heavy (non-hydrogen) atoms. The number of carboxylic acid groups (broad SMARTS) is 1. The number of benzene rings is 1. The number of pyridine rings is 1. The predicted octanol–water partition coefficient (Wildman–Crippen LogP) is 3.09. The van der Waals surface area contributed by atoms with Crippen LogP contribution >= 0.6 is 0 Å². The van der Waals surface area contributed by atoms with Crippen molar-refractivity contribution in [1.82, 2.24) is 10.3 Å². The Morgan fingerprint density at radius 1 is 0.889 bits per heavy atom. The van der Waals surface area contributed by atoms with Crippen molar-refractivity contribution < 1.29 is 19.5 Å². The first-order valence-corrected chi connectivity index (χ1v) is 8.95. The van der Waals surface area contributed by atoms with Crippen LogP contribution in [0, 0.1) is 0 Å². The van der Waals surface area contributed by atoms with Gasteiger partial charge in [0.25, 0.3) is 11.8 Å². The third-order valence-corrected chi connectivity index (χ3v) is 4.55. The topological polar surface area (TPSA) is 108 Å². The molecular formula is C20H21N3O4. The summed E-state index contributed by atoms with van der Waals surface area (Å²) in [6.07, 6.45) is 5.55. The second kappa shape index (κ2) is 8.44. The van der Waals surface area contributed by atoms with Gasteiger partial charge >= 0.3 is 5.97 Å². The fraction of sp³-hybridized carbons (Fsp3) is 0.300. The highest BCUT2D eigenvalue weighted by Crippen LogP contribution is 2.18. The van der Waals surface area contributed by atoms with Gasteiger partial charge in [0.1, 0.15) is 11.4 Å². The van der Waals surface area contributed by atoms with Crippen molar-refractivity contribution in [3.8, 4) is 0 Å². The molecule has 1 fully saturated rings. The number of aromatic nitrogens is 1. The van der Waals surface area contributed by atoms with Crippen LogP contribution in [0.25, 0.3) is 0 Å². The van der Waals surface area contributed by atoms with E-state index in [0.29, 0.717) is 11.3 Å². The highest BCUT2D eigenvalue weighted by molar-refractivity contribution is 6.03. The average molecular weight is 367 g/mol. The molecule has 1 heterocycles. The summed E-state index contributed by atoms with van der Waals surface area (Å²) in [5, 5.41) is 14.6. The summed E-state index contributed by atoms with van der Waals surface area (Å²) in [7, 11) is 0. The summed E-state index contributed by atoms with van der Waals surface area (Å²) in [4.78, 5) is 39.3. The van der Waals surface area contributed by atoms with E-state index in [4.69, 9.17) is 5.11 Å². The second-order valence-corrected chi connectivity index (χ2v) is 6.55. The predicted molar refractivity (Wildman–Crippen MR) is 99.9 cm³/mol. The van der Waals surface area contributed by atoms with Crippen LogP contribution in [0.1, 0.15) is 63.4 Å². The zero-order valence-corrected chi connectivity index (χ0v) is 14.8. The van der Waals surface area contributed by atoms with Crippen LogP contribution in [0.2, 0.25) is 0 Å². The number of aromatic carboxylic acids is 1. The van der Waals surface area contributed by atoms with Gasteiger partial charge in [0.05, 0.1) is 0 Å². The molecule has 0 spiro atoms. The van der Waals surface area contributed by atoms with E-state index in [9.17, 15) is 14.4 Å². The normalized spacial score (nSPS) is 14.4. The van der Waals surface area contributed by atoms with E-state index in [1.807, 2.05) is 0 Å². The molecule has 2 amide bonds. The molecule has 0 bridgehead atoms. The number of hydrogen-bond acceptors (Lipinski definition) is 4. The highest BCUT2D eigenvalue weighted by atomic mass is 16.4. The lowest BCUT2D eigenvalue weighted by Gasteiger charge is -2.22. The number of nitrogens with zero attached hydrogens (tertiary/aromatic N) is 1. The molecule has 0 atom stereocenters. The van der Waals surface area contributed by atoms with Gasteiger partial charge in [-0.05, 0) is 49.2 Å². The van der Waals surface area contributed by atoms with E-state index in [0.717, 1.165) is 25.7 Å². The van der Waals surface area contributed by atoms with Crippen LogP contribution in [0.4, 0.5) is 5.69 Å². The number of amides is 2. The van der Waals surface area contributed by atoms with E-state index in [1.165, 1.54) is 24.6 Å². The maximum Gasteiger partial charge on any atom is 0.354 e. The van der Waals surface area contributed by atoms with Gasteiger partial charge in [-0.2, -0.15) is 0 Å². The fourth-order valence-corrected chi connectivity index (χ4v) is 3.10. The molecule has 2 aromatic rings. The van der Waals surface area contributed by atoms with E-state index in [-0.39, 0.29) is 23.3 Å². The lowest BCUT2D eigenvalue weighted by Crippen LogP contribution is -2.36. The number of carbonyl (C=O) groups excluding carboxylic acids is 2. The van der Waals surface area contributed by atoms with E-state index in [2.05, 4.69) is 15.6 Å². The summed E-state index contributed by atoms with van der Waals surface area (Å²) < 4.78 is 0. The molecule has 0 aliphatic heterocycles. The van der Waals surface area contributed by atoms with Crippen molar-refractivity contribution in [2.24, 2.45) is 0 Å². The van der Waals surface area contributed by atoms with E-state index in [1.54, 1.807) is 24.3 Å². The van der Waals surface area contributed by atoms with Gasteiger partial charge in [-0.3, -0.25) is 9.59 Å². The van der Waals surface area contributed by atoms with E-state index < -0.39 is 11.9 Å². The van der Waals surface area contributed by atoms with Crippen LogP contribution < -0.4 is 10.6 Å². The monoisotopic (exact) mass is 367 g/mol. The van der Waals surface area contributed by atoms with Gasteiger partial charge in [0.2, 0.25) is 0 Å². The van der Waals surface area contributed by atoms with Crippen molar-refractivity contribution in [3.05, 3.63) is 59.4 Å². The van der Waals surface area contributed by atoms with Crippen LogP contribution in [0.5, 0.6) is 0 Å². The molecule has 3 N–H and O–H groups in total. The Hall–Kier alpha value is -3.22. The molecular weight excluding hydrogens is 346 g/mol. The summed E-state index contributed by atoms with van der Waals surface area (Å²) in [5.41, 5.74) is 0.840. The largest absolute Gasteiger partial charge is 0.477 e. The van der Waals surface area contributed by atoms with Crippen molar-refractivity contribution >= 4 is 23.5 Å². The van der Waals surface area contributed by atoms with Crippen molar-refractivity contribution in [2.45, 2.75) is 38.1 Å². The Morgan fingerprint density at radius 3 is 2.22 bits per heavy atom. The maximum absolute atomic E-state index is 12.3. The third-order valence-electron chi connectivity index (χ3n) is 4.55. The minimum absolute atomic E-state index is 0.00835. The SMILES string of the molecule is O=C(NC1CCCCC1)c1ccc(NC(=O)c2cccc(C(=O)O)n2)cc1. The molecule has 7 heteroatoms. The lowest BCUT2D eigenvalue weighted by molar-refractivity contribution is 0.0690. The molecule has 0 saturated heterocycles. The Labute approximate surface area is 156 Å². The molecule has 1 saturated carbocycles. The first kappa shape index (κ1) is 18.6. The summed E-state index contributed by atoms with van der Waals surface area (Å²) >= 11 is 0. The molecule has 0 radical (unpaired) electrons. The molecule has 1 aliphatic carbocycles. The Balaban J connectivity index is 1.61. The van der Waals surface area contributed by atoms with Crippen LogP contribution in [-0.4, -0.2) is 33.9 Å². The minimum Gasteiger partial charge on any atom is -0.477 e. The number of hydrogen-bond donors (Lipinski definition) is 3. The Bertz CT molecular complexity index is 843. The summed E-state index contributed by atoms with van der Waals surface area (Å²) in [5.74, 6) is -1.83. The van der Waals surface area contributed by atoms with Gasteiger partial charge < -0.3 is 15.7 Å². The maximum atomic E-state index is 12.3. The van der Waals surface area contributed by atoms with Gasteiger partial charge in [0, 0.05) is 17.3 Å². The number of rotatable bonds is 5. The first-order chi connectivity index (χ1) is 13.0. The zero-order chi connectivity index (χ0) is 19.2. The first-order valence-electron chi connectivity index (χ1n) is 8.95.